The number of ether oxygens (including phenoxy) is 1. The van der Waals surface area contributed by atoms with Crippen molar-refractivity contribution in [2.24, 2.45) is 0 Å². The van der Waals surface area contributed by atoms with Gasteiger partial charge in [0.2, 0.25) is 5.91 Å². The molecule has 0 aliphatic carbocycles. The van der Waals surface area contributed by atoms with Gasteiger partial charge in [-0.1, -0.05) is 11.6 Å². The van der Waals surface area contributed by atoms with Crippen LogP contribution in [0.4, 0.5) is 21.9 Å². The minimum Gasteiger partial charge on any atom is -0.370 e. The second kappa shape index (κ2) is 9.38. The van der Waals surface area contributed by atoms with Crippen LogP contribution in [0.2, 0.25) is 5.02 Å². The minimum atomic E-state index is -3.63. The van der Waals surface area contributed by atoms with E-state index in [2.05, 4.69) is 10.6 Å². The number of amides is 4. The zero-order valence-corrected chi connectivity index (χ0v) is 18.9. The third kappa shape index (κ3) is 5.44. The van der Waals surface area contributed by atoms with Gasteiger partial charge in [0.1, 0.15) is 18.5 Å². The molecule has 0 spiro atoms. The molecule has 33 heavy (non-hydrogen) atoms. The number of carbonyl (C=O) groups excluding carboxylic acids is 3. The van der Waals surface area contributed by atoms with Crippen LogP contribution in [0.1, 0.15) is 0 Å². The maximum absolute atomic E-state index is 12.9. The van der Waals surface area contributed by atoms with Gasteiger partial charge in [-0.25, -0.2) is 13.2 Å². The van der Waals surface area contributed by atoms with Gasteiger partial charge in [-0.2, -0.15) is 0 Å². The molecule has 2 saturated heterocycles. The predicted molar refractivity (Wildman–Crippen MR) is 123 cm³/mol. The second-order valence-electron chi connectivity index (χ2n) is 7.60. The van der Waals surface area contributed by atoms with E-state index in [1.807, 2.05) is 0 Å². The van der Waals surface area contributed by atoms with Gasteiger partial charge >= 0.3 is 6.03 Å². The summed E-state index contributed by atoms with van der Waals surface area (Å²) >= 11 is 5.84. The molecule has 12 heteroatoms. The number of benzene rings is 2. The highest BCUT2D eigenvalue weighted by molar-refractivity contribution is 7.91. The Hall–Kier alpha value is -3.15. The molecule has 1 atom stereocenters. The molecule has 0 radical (unpaired) electrons. The highest BCUT2D eigenvalue weighted by atomic mass is 35.5. The highest BCUT2D eigenvalue weighted by Crippen LogP contribution is 2.23. The van der Waals surface area contributed by atoms with Crippen molar-refractivity contribution in [1.29, 1.82) is 0 Å². The van der Waals surface area contributed by atoms with E-state index in [9.17, 15) is 22.8 Å². The standard InChI is InChI=1S/C21H21ClN4O6S/c22-14-1-3-16(4-2-14)24-21(29)26-13-33(30,31)12-18(26)20(28)23-15-5-7-17(8-6-15)25-9-10-32-11-19(25)27/h1-8,18H,9-13H2,(H,23,28)(H,24,29)/t18-/m1/s1. The Morgan fingerprint density at radius 1 is 1.00 bits per heavy atom. The van der Waals surface area contributed by atoms with Crippen molar-refractivity contribution in [1.82, 2.24) is 4.90 Å². The van der Waals surface area contributed by atoms with E-state index in [0.717, 1.165) is 4.90 Å². The van der Waals surface area contributed by atoms with Crippen LogP contribution in [-0.2, 0) is 24.2 Å². The normalized spacial score (nSPS) is 19.9. The molecule has 2 fully saturated rings. The molecule has 10 nitrogen and oxygen atoms in total. The van der Waals surface area contributed by atoms with Gasteiger partial charge in [-0.3, -0.25) is 14.5 Å². The Morgan fingerprint density at radius 3 is 2.30 bits per heavy atom. The lowest BCUT2D eigenvalue weighted by Gasteiger charge is -2.27. The summed E-state index contributed by atoms with van der Waals surface area (Å²) in [5.74, 6) is -1.83. The number of nitrogens with zero attached hydrogens (tertiary/aromatic N) is 2. The maximum atomic E-state index is 12.9. The summed E-state index contributed by atoms with van der Waals surface area (Å²) in [4.78, 5) is 40.1. The van der Waals surface area contributed by atoms with E-state index < -0.39 is 39.4 Å². The number of carbonyl (C=O) groups is 3. The van der Waals surface area contributed by atoms with Crippen molar-refractivity contribution >= 4 is 56.3 Å². The van der Waals surface area contributed by atoms with E-state index in [4.69, 9.17) is 16.3 Å². The summed E-state index contributed by atoms with van der Waals surface area (Å²) < 4.78 is 29.5. The van der Waals surface area contributed by atoms with Crippen LogP contribution in [-0.4, -0.2) is 68.6 Å². The summed E-state index contributed by atoms with van der Waals surface area (Å²) in [6, 6.07) is 11.0. The lowest BCUT2D eigenvalue weighted by molar-refractivity contribution is -0.125. The zero-order valence-electron chi connectivity index (χ0n) is 17.4. The third-order valence-electron chi connectivity index (χ3n) is 5.22. The van der Waals surface area contributed by atoms with Crippen LogP contribution in [0.25, 0.3) is 0 Å². The number of rotatable bonds is 4. The molecule has 2 aromatic rings. The summed E-state index contributed by atoms with van der Waals surface area (Å²) in [5.41, 5.74) is 1.49. The predicted octanol–water partition coefficient (Wildman–Crippen LogP) is 1.93. The summed E-state index contributed by atoms with van der Waals surface area (Å²) in [6.07, 6.45) is 0. The molecular formula is C21H21ClN4O6S. The number of halogens is 1. The van der Waals surface area contributed by atoms with Gasteiger partial charge in [-0.05, 0) is 48.5 Å². The van der Waals surface area contributed by atoms with Crippen LogP contribution >= 0.6 is 11.6 Å². The average molecular weight is 493 g/mol. The Kier molecular flexibility index (Phi) is 6.54. The molecule has 0 saturated carbocycles. The summed E-state index contributed by atoms with van der Waals surface area (Å²) in [5, 5.41) is 5.71. The fourth-order valence-electron chi connectivity index (χ4n) is 3.57. The van der Waals surface area contributed by atoms with Crippen LogP contribution in [0.15, 0.2) is 48.5 Å². The van der Waals surface area contributed by atoms with Crippen LogP contribution in [0, 0.1) is 0 Å². The smallest absolute Gasteiger partial charge is 0.323 e. The molecule has 2 aliphatic heterocycles. The number of morpholine rings is 1. The van der Waals surface area contributed by atoms with E-state index in [-0.39, 0.29) is 12.5 Å². The van der Waals surface area contributed by atoms with E-state index in [0.29, 0.717) is 35.2 Å². The summed E-state index contributed by atoms with van der Waals surface area (Å²) in [6.45, 7) is 0.888. The lowest BCUT2D eigenvalue weighted by Crippen LogP contribution is -2.46. The Labute approximate surface area is 195 Å². The molecule has 2 N–H and O–H groups in total. The SMILES string of the molecule is O=C(Nc1ccc(N2CCOCC2=O)cc1)[C@H]1CS(=O)(=O)CN1C(=O)Nc1ccc(Cl)cc1. The first-order valence-corrected chi connectivity index (χ1v) is 12.2. The molecule has 2 aliphatic rings. The molecule has 4 amide bonds. The molecule has 174 valence electrons. The molecular weight excluding hydrogens is 472 g/mol. The van der Waals surface area contributed by atoms with Crippen molar-refractivity contribution in [3.63, 3.8) is 0 Å². The second-order valence-corrected chi connectivity index (χ2v) is 10.1. The van der Waals surface area contributed by atoms with Gasteiger partial charge in [-0.15, -0.1) is 0 Å². The van der Waals surface area contributed by atoms with Crippen LogP contribution in [0.5, 0.6) is 0 Å². The number of anilines is 3. The van der Waals surface area contributed by atoms with E-state index >= 15 is 0 Å². The highest BCUT2D eigenvalue weighted by Gasteiger charge is 2.42. The van der Waals surface area contributed by atoms with Gasteiger partial charge in [0, 0.05) is 28.6 Å². The fraction of sp³-hybridized carbons (Fsp3) is 0.286. The quantitative estimate of drug-likeness (QED) is 0.671. The molecule has 0 bridgehead atoms. The lowest BCUT2D eigenvalue weighted by atomic mass is 10.2. The average Bonchev–Trinajstić information content (AvgIpc) is 3.12. The molecule has 0 unspecified atom stereocenters. The Balaban J connectivity index is 1.44. The van der Waals surface area contributed by atoms with Gasteiger partial charge < -0.3 is 20.3 Å². The monoisotopic (exact) mass is 492 g/mol. The van der Waals surface area contributed by atoms with Crippen molar-refractivity contribution < 1.29 is 27.5 Å². The summed E-state index contributed by atoms with van der Waals surface area (Å²) in [7, 11) is -3.63. The first-order chi connectivity index (χ1) is 15.7. The van der Waals surface area contributed by atoms with E-state index in [1.54, 1.807) is 53.4 Å². The van der Waals surface area contributed by atoms with Gasteiger partial charge in [0.05, 0.1) is 12.4 Å². The Morgan fingerprint density at radius 2 is 1.64 bits per heavy atom. The number of nitrogens with one attached hydrogen (secondary N) is 2. The van der Waals surface area contributed by atoms with Crippen molar-refractivity contribution in [2.75, 3.05) is 46.9 Å². The molecule has 2 aromatic carbocycles. The molecule has 4 rings (SSSR count). The van der Waals surface area contributed by atoms with Crippen molar-refractivity contribution in [3.8, 4) is 0 Å². The maximum Gasteiger partial charge on any atom is 0.323 e. The number of urea groups is 1. The topological polar surface area (TPSA) is 125 Å². The molecule has 0 aromatic heterocycles. The van der Waals surface area contributed by atoms with Gasteiger partial charge in [0.15, 0.2) is 9.84 Å². The van der Waals surface area contributed by atoms with E-state index in [1.165, 1.54) is 0 Å². The molecule has 2 heterocycles. The number of hydrogen-bond donors (Lipinski definition) is 2. The zero-order chi connectivity index (χ0) is 23.6. The van der Waals surface area contributed by atoms with Gasteiger partial charge in [0.25, 0.3) is 5.91 Å². The minimum absolute atomic E-state index is 0.0164. The van der Waals surface area contributed by atoms with Crippen LogP contribution < -0.4 is 15.5 Å². The number of sulfone groups is 1. The first-order valence-electron chi connectivity index (χ1n) is 10.0. The fourth-order valence-corrected chi connectivity index (χ4v) is 5.34. The largest absolute Gasteiger partial charge is 0.370 e. The Bertz CT molecular complexity index is 1170. The third-order valence-corrected chi connectivity index (χ3v) is 6.96. The van der Waals surface area contributed by atoms with Crippen molar-refractivity contribution in [3.05, 3.63) is 53.6 Å². The number of hydrogen-bond acceptors (Lipinski definition) is 6. The van der Waals surface area contributed by atoms with Crippen LogP contribution in [0.3, 0.4) is 0 Å². The van der Waals surface area contributed by atoms with Crippen molar-refractivity contribution in [2.45, 2.75) is 6.04 Å². The first kappa shape index (κ1) is 23.0.